The van der Waals surface area contributed by atoms with E-state index in [1.54, 1.807) is 11.3 Å². The van der Waals surface area contributed by atoms with Gasteiger partial charge in [0.2, 0.25) is 11.8 Å². The lowest BCUT2D eigenvalue weighted by molar-refractivity contribution is -0.150. The number of thiophene rings is 1. The molecule has 3 heterocycles. The second-order valence-corrected chi connectivity index (χ2v) is 8.31. The first kappa shape index (κ1) is 16.4. The Balaban J connectivity index is 1.25. The number of nitrogens with one attached hydrogen (secondary N) is 1. The highest BCUT2D eigenvalue weighted by Gasteiger charge is 2.49. The van der Waals surface area contributed by atoms with Gasteiger partial charge in [-0.25, -0.2) is 8.78 Å². The van der Waals surface area contributed by atoms with Crippen molar-refractivity contribution in [3.8, 4) is 0 Å². The molecule has 0 spiro atoms. The number of nitrogens with zero attached hydrogens (tertiary/aromatic N) is 1. The van der Waals surface area contributed by atoms with E-state index in [0.717, 1.165) is 19.6 Å². The van der Waals surface area contributed by atoms with Gasteiger partial charge in [-0.15, -0.1) is 11.3 Å². The second kappa shape index (κ2) is 6.35. The zero-order chi connectivity index (χ0) is 16.7. The highest BCUT2D eigenvalue weighted by molar-refractivity contribution is 7.09. The smallest absolute Gasteiger partial charge is 0.249 e. The van der Waals surface area contributed by atoms with Crippen LogP contribution in [0.2, 0.25) is 0 Å². The molecule has 4 nitrogen and oxygen atoms in total. The molecule has 3 aliphatic rings. The number of likely N-dealkylation sites (tertiary alicyclic amines) is 1. The number of carbonyl (C=O) groups is 1. The van der Waals surface area contributed by atoms with Crippen LogP contribution in [0.1, 0.15) is 17.7 Å². The molecule has 1 saturated carbocycles. The third-order valence-electron chi connectivity index (χ3n) is 5.47. The Bertz CT molecular complexity index is 587. The molecule has 3 atom stereocenters. The van der Waals surface area contributed by atoms with Gasteiger partial charge in [-0.1, -0.05) is 6.07 Å². The van der Waals surface area contributed by atoms with E-state index in [0.29, 0.717) is 19.1 Å². The topological polar surface area (TPSA) is 41.6 Å². The first-order valence-electron chi connectivity index (χ1n) is 8.52. The van der Waals surface area contributed by atoms with Crippen LogP contribution >= 0.6 is 11.3 Å². The van der Waals surface area contributed by atoms with Crippen LogP contribution in [0.5, 0.6) is 0 Å². The number of ether oxygens (including phenoxy) is 1. The minimum Gasteiger partial charge on any atom is -0.376 e. The van der Waals surface area contributed by atoms with Gasteiger partial charge in [0.25, 0.3) is 0 Å². The van der Waals surface area contributed by atoms with Crippen molar-refractivity contribution in [2.45, 2.75) is 31.4 Å². The molecule has 3 fully saturated rings. The molecule has 2 aliphatic heterocycles. The third kappa shape index (κ3) is 3.34. The molecule has 7 heteroatoms. The van der Waals surface area contributed by atoms with E-state index < -0.39 is 11.8 Å². The maximum absolute atomic E-state index is 12.9. The number of carbonyl (C=O) groups excluding carboxylic acids is 1. The summed E-state index contributed by atoms with van der Waals surface area (Å²) in [4.78, 5) is 15.7. The lowest BCUT2D eigenvalue weighted by Crippen LogP contribution is -2.46. The van der Waals surface area contributed by atoms with Crippen LogP contribution < -0.4 is 5.32 Å². The number of amides is 1. The van der Waals surface area contributed by atoms with Gasteiger partial charge in [-0.05, 0) is 11.4 Å². The summed E-state index contributed by atoms with van der Waals surface area (Å²) in [5.41, 5.74) is 0. The molecule has 1 aromatic rings. The Labute approximate surface area is 144 Å². The summed E-state index contributed by atoms with van der Waals surface area (Å²) in [6.45, 7) is 4.05. The Morgan fingerprint density at radius 2 is 2.25 bits per heavy atom. The van der Waals surface area contributed by atoms with Crippen molar-refractivity contribution in [2.24, 2.45) is 17.8 Å². The number of alkyl halides is 2. The number of fused-ring (bicyclic) bond motifs is 1. The van der Waals surface area contributed by atoms with Crippen LogP contribution in [0.15, 0.2) is 17.5 Å². The average molecular weight is 356 g/mol. The molecule has 132 valence electrons. The summed E-state index contributed by atoms with van der Waals surface area (Å²) >= 11 is 1.76. The first-order valence-corrected chi connectivity index (χ1v) is 9.40. The number of rotatable bonds is 5. The van der Waals surface area contributed by atoms with Gasteiger partial charge in [0, 0.05) is 61.7 Å². The fraction of sp³-hybridized carbons (Fsp3) is 0.706. The van der Waals surface area contributed by atoms with Gasteiger partial charge < -0.3 is 10.1 Å². The quantitative estimate of drug-likeness (QED) is 0.881. The van der Waals surface area contributed by atoms with Crippen molar-refractivity contribution in [3.05, 3.63) is 22.4 Å². The molecular weight excluding hydrogens is 334 g/mol. The van der Waals surface area contributed by atoms with Crippen molar-refractivity contribution in [2.75, 3.05) is 26.2 Å². The van der Waals surface area contributed by atoms with Crippen LogP contribution in [0.4, 0.5) is 8.78 Å². The molecule has 1 amide bonds. The fourth-order valence-electron chi connectivity index (χ4n) is 4.06. The van der Waals surface area contributed by atoms with Crippen LogP contribution in [0, 0.1) is 17.8 Å². The Morgan fingerprint density at radius 1 is 1.42 bits per heavy atom. The van der Waals surface area contributed by atoms with Crippen molar-refractivity contribution in [1.82, 2.24) is 10.2 Å². The van der Waals surface area contributed by atoms with Crippen LogP contribution in [-0.4, -0.2) is 49.1 Å². The van der Waals surface area contributed by atoms with E-state index in [9.17, 15) is 13.6 Å². The SMILES string of the molecule is O=C(NC[C@@H]1CO[C@@H]2CN(Cc3cccs3)C[C@H]12)C1CC(F)(F)C1. The minimum atomic E-state index is -2.64. The molecule has 0 aromatic carbocycles. The molecule has 1 aromatic heterocycles. The van der Waals surface area contributed by atoms with E-state index in [4.69, 9.17) is 4.74 Å². The molecule has 0 unspecified atom stereocenters. The summed E-state index contributed by atoms with van der Waals surface area (Å²) in [6.07, 6.45) is -0.374. The first-order chi connectivity index (χ1) is 11.5. The monoisotopic (exact) mass is 356 g/mol. The van der Waals surface area contributed by atoms with Crippen LogP contribution in [0.25, 0.3) is 0 Å². The van der Waals surface area contributed by atoms with Crippen LogP contribution in [-0.2, 0) is 16.1 Å². The largest absolute Gasteiger partial charge is 0.376 e. The summed E-state index contributed by atoms with van der Waals surface area (Å²) in [7, 11) is 0. The normalized spacial score (nSPS) is 32.5. The van der Waals surface area contributed by atoms with Crippen molar-refractivity contribution >= 4 is 17.2 Å². The lowest BCUT2D eigenvalue weighted by atomic mass is 9.80. The fourth-order valence-corrected chi connectivity index (χ4v) is 4.81. The molecule has 1 aliphatic carbocycles. The van der Waals surface area contributed by atoms with E-state index in [1.165, 1.54) is 4.88 Å². The molecule has 4 rings (SSSR count). The average Bonchev–Trinajstić information content (AvgIpc) is 3.20. The molecule has 2 saturated heterocycles. The number of halogens is 2. The number of hydrogen-bond donors (Lipinski definition) is 1. The van der Waals surface area contributed by atoms with Crippen molar-refractivity contribution < 1.29 is 18.3 Å². The molecule has 0 radical (unpaired) electrons. The maximum atomic E-state index is 12.9. The molecule has 1 N–H and O–H groups in total. The Hall–Kier alpha value is -1.05. The lowest BCUT2D eigenvalue weighted by Gasteiger charge is -2.34. The predicted molar refractivity (Wildman–Crippen MR) is 87.0 cm³/mol. The van der Waals surface area contributed by atoms with Gasteiger partial charge in [0.05, 0.1) is 12.7 Å². The summed E-state index contributed by atoms with van der Waals surface area (Å²) < 4.78 is 31.6. The van der Waals surface area contributed by atoms with Crippen molar-refractivity contribution in [3.63, 3.8) is 0 Å². The van der Waals surface area contributed by atoms with Gasteiger partial charge in [0.15, 0.2) is 0 Å². The van der Waals surface area contributed by atoms with Gasteiger partial charge in [-0.2, -0.15) is 0 Å². The molecule has 0 bridgehead atoms. The molecular formula is C17H22F2N2O2S. The standard InChI is InChI=1S/C17H22F2N2O2S/c18-17(19)4-11(5-17)16(22)20-6-12-10-23-15-9-21(8-14(12)15)7-13-2-1-3-24-13/h1-3,11-12,14-15H,4-10H2,(H,20,22)/t12-,14-,15-/m1/s1. The van der Waals surface area contributed by atoms with E-state index in [-0.39, 0.29) is 30.8 Å². The Morgan fingerprint density at radius 3 is 2.96 bits per heavy atom. The third-order valence-corrected chi connectivity index (χ3v) is 6.33. The van der Waals surface area contributed by atoms with E-state index in [1.807, 2.05) is 0 Å². The zero-order valence-corrected chi connectivity index (χ0v) is 14.2. The predicted octanol–water partition coefficient (Wildman–Crippen LogP) is 2.36. The Kier molecular flexibility index (Phi) is 4.34. The highest BCUT2D eigenvalue weighted by Crippen LogP contribution is 2.42. The second-order valence-electron chi connectivity index (χ2n) is 7.28. The summed E-state index contributed by atoms with van der Waals surface area (Å²) in [6, 6.07) is 4.21. The van der Waals surface area contributed by atoms with E-state index in [2.05, 4.69) is 27.7 Å². The van der Waals surface area contributed by atoms with Gasteiger partial charge in [0.1, 0.15) is 0 Å². The zero-order valence-electron chi connectivity index (χ0n) is 13.4. The van der Waals surface area contributed by atoms with Crippen LogP contribution in [0.3, 0.4) is 0 Å². The summed E-state index contributed by atoms with van der Waals surface area (Å²) in [5.74, 6) is -2.67. The van der Waals surface area contributed by atoms with E-state index >= 15 is 0 Å². The number of hydrogen-bond acceptors (Lipinski definition) is 4. The summed E-state index contributed by atoms with van der Waals surface area (Å²) in [5, 5.41) is 4.96. The molecule has 24 heavy (non-hydrogen) atoms. The maximum Gasteiger partial charge on any atom is 0.249 e. The minimum absolute atomic E-state index is 0.224. The highest BCUT2D eigenvalue weighted by atomic mass is 32.1. The van der Waals surface area contributed by atoms with Gasteiger partial charge in [-0.3, -0.25) is 9.69 Å². The van der Waals surface area contributed by atoms with Gasteiger partial charge >= 0.3 is 0 Å². The van der Waals surface area contributed by atoms with Crippen molar-refractivity contribution in [1.29, 1.82) is 0 Å².